The van der Waals surface area contributed by atoms with Gasteiger partial charge in [0.05, 0.1) is 16.0 Å². The fourth-order valence-electron chi connectivity index (χ4n) is 5.48. The van der Waals surface area contributed by atoms with Crippen LogP contribution in [-0.4, -0.2) is 33.5 Å². The number of piperidine rings is 1. The Labute approximate surface area is 166 Å². The van der Waals surface area contributed by atoms with Gasteiger partial charge in [0, 0.05) is 17.0 Å². The van der Waals surface area contributed by atoms with Gasteiger partial charge in [0.25, 0.3) is 0 Å². The van der Waals surface area contributed by atoms with Crippen LogP contribution in [0, 0.1) is 12.8 Å². The molecule has 0 N–H and O–H groups in total. The summed E-state index contributed by atoms with van der Waals surface area (Å²) in [5.41, 5.74) is 2.70. The largest absolute Gasteiger partial charge is 0.299 e. The smallest absolute Gasteiger partial charge is 0.0577 e. The second-order valence-corrected chi connectivity index (χ2v) is 10.1. The highest BCUT2D eigenvalue weighted by Crippen LogP contribution is 2.49. The first-order valence-corrected chi connectivity index (χ1v) is 11.6. The summed E-state index contributed by atoms with van der Waals surface area (Å²) in [4.78, 5) is 3.56. The Morgan fingerprint density at radius 2 is 1.74 bits per heavy atom. The van der Waals surface area contributed by atoms with Crippen molar-refractivity contribution in [1.29, 1.82) is 0 Å². The van der Waals surface area contributed by atoms with Crippen molar-refractivity contribution in [1.82, 2.24) is 4.90 Å². The van der Waals surface area contributed by atoms with Crippen molar-refractivity contribution < 1.29 is 4.21 Å². The van der Waals surface area contributed by atoms with Crippen molar-refractivity contribution in [2.24, 2.45) is 5.92 Å². The van der Waals surface area contributed by atoms with Crippen LogP contribution in [0.2, 0.25) is 0 Å². The number of hydrogen-bond donors (Lipinski definition) is 0. The summed E-state index contributed by atoms with van der Waals surface area (Å²) >= 11 is 0. The number of rotatable bonds is 5. The quantitative estimate of drug-likeness (QED) is 0.714. The lowest BCUT2D eigenvalue weighted by atomic mass is 9.74. The molecule has 0 spiro atoms. The van der Waals surface area contributed by atoms with Crippen LogP contribution in [0.4, 0.5) is 0 Å². The normalized spacial score (nSPS) is 31.7. The molecular weight excluding hydrogens is 350 g/mol. The summed E-state index contributed by atoms with van der Waals surface area (Å²) in [6.45, 7) is 4.37. The zero-order valence-electron chi connectivity index (χ0n) is 16.7. The predicted octanol–water partition coefficient (Wildman–Crippen LogP) is 5.15. The molecule has 2 aliphatic heterocycles. The van der Waals surface area contributed by atoms with Gasteiger partial charge in [0.2, 0.25) is 0 Å². The van der Waals surface area contributed by atoms with Gasteiger partial charge < -0.3 is 0 Å². The third-order valence-corrected chi connectivity index (χ3v) is 8.55. The third kappa shape index (κ3) is 3.52. The van der Waals surface area contributed by atoms with Crippen LogP contribution < -0.4 is 0 Å². The summed E-state index contributed by atoms with van der Waals surface area (Å²) in [6, 6.07) is 20.3. The number of hydrogen-bond acceptors (Lipinski definition) is 2. The van der Waals surface area contributed by atoms with Crippen LogP contribution in [0.15, 0.2) is 59.5 Å². The Morgan fingerprint density at radius 3 is 2.41 bits per heavy atom. The number of aryl methyl sites for hydroxylation is 1. The van der Waals surface area contributed by atoms with Crippen LogP contribution in [0.25, 0.3) is 0 Å². The van der Waals surface area contributed by atoms with Gasteiger partial charge in [-0.25, -0.2) is 0 Å². The lowest BCUT2D eigenvalue weighted by Crippen LogP contribution is -2.49. The highest BCUT2D eigenvalue weighted by molar-refractivity contribution is 7.85. The molecule has 144 valence electrons. The molecule has 27 heavy (non-hydrogen) atoms. The molecule has 2 aromatic carbocycles. The Bertz CT molecular complexity index is 788. The first-order chi connectivity index (χ1) is 13.1. The van der Waals surface area contributed by atoms with Gasteiger partial charge in [-0.15, -0.1) is 0 Å². The maximum Gasteiger partial charge on any atom is 0.0577 e. The molecule has 4 rings (SSSR count). The molecule has 2 saturated heterocycles. The Balaban J connectivity index is 1.66. The first kappa shape index (κ1) is 18.9. The van der Waals surface area contributed by atoms with Gasteiger partial charge in [-0.2, -0.15) is 0 Å². The molecule has 0 aliphatic carbocycles. The maximum absolute atomic E-state index is 13.5. The maximum atomic E-state index is 13.5. The van der Waals surface area contributed by atoms with Crippen molar-refractivity contribution in [3.8, 4) is 0 Å². The molecule has 0 amide bonds. The van der Waals surface area contributed by atoms with E-state index in [4.69, 9.17) is 0 Å². The molecule has 2 fully saturated rings. The van der Waals surface area contributed by atoms with E-state index in [2.05, 4.69) is 80.4 Å². The summed E-state index contributed by atoms with van der Waals surface area (Å²) in [5.74, 6) is 1.18. The minimum atomic E-state index is -0.936. The second kappa shape index (κ2) is 7.89. The van der Waals surface area contributed by atoms with Gasteiger partial charge in [-0.05, 0) is 62.8 Å². The molecule has 0 saturated carbocycles. The van der Waals surface area contributed by atoms with Crippen LogP contribution >= 0.6 is 0 Å². The summed E-state index contributed by atoms with van der Waals surface area (Å²) in [6.07, 6.45) is 4.66. The molecule has 2 nitrogen and oxygen atoms in total. The molecule has 6 atom stereocenters. The van der Waals surface area contributed by atoms with Crippen LogP contribution in [0.1, 0.15) is 49.7 Å². The SMILES string of the molecule is CCC[C@@H]1[C@H]2[C@H]([S@@](=O)c3ccc(C)cc3)C[C@@H](C[C@H]1c1ccccc1)N2C. The lowest BCUT2D eigenvalue weighted by molar-refractivity contribution is 0.0951. The fourth-order valence-corrected chi connectivity index (χ4v) is 7.27. The van der Waals surface area contributed by atoms with E-state index < -0.39 is 10.8 Å². The lowest BCUT2D eigenvalue weighted by Gasteiger charge is -2.44. The predicted molar refractivity (Wildman–Crippen MR) is 114 cm³/mol. The van der Waals surface area contributed by atoms with Crippen LogP contribution in [-0.2, 0) is 10.8 Å². The van der Waals surface area contributed by atoms with Gasteiger partial charge in [-0.3, -0.25) is 9.11 Å². The van der Waals surface area contributed by atoms with E-state index in [0.717, 1.165) is 11.3 Å². The molecule has 2 heterocycles. The minimum Gasteiger partial charge on any atom is -0.299 e. The molecule has 0 radical (unpaired) electrons. The van der Waals surface area contributed by atoms with Crippen molar-refractivity contribution >= 4 is 10.8 Å². The van der Waals surface area contributed by atoms with E-state index in [1.165, 1.54) is 30.4 Å². The van der Waals surface area contributed by atoms with E-state index in [-0.39, 0.29) is 5.25 Å². The van der Waals surface area contributed by atoms with Crippen molar-refractivity contribution in [3.63, 3.8) is 0 Å². The van der Waals surface area contributed by atoms with E-state index >= 15 is 0 Å². The van der Waals surface area contributed by atoms with Crippen molar-refractivity contribution in [2.75, 3.05) is 7.05 Å². The average Bonchev–Trinajstić information content (AvgIpc) is 2.90. The Kier molecular flexibility index (Phi) is 5.52. The minimum absolute atomic E-state index is 0.243. The molecule has 2 aromatic rings. The highest BCUT2D eigenvalue weighted by Gasteiger charge is 2.52. The van der Waals surface area contributed by atoms with Gasteiger partial charge in [-0.1, -0.05) is 61.4 Å². The second-order valence-electron chi connectivity index (χ2n) is 8.40. The third-order valence-electron chi connectivity index (χ3n) is 6.79. The molecule has 3 heteroatoms. The summed E-state index contributed by atoms with van der Waals surface area (Å²) in [5, 5.41) is 0.243. The Morgan fingerprint density at radius 1 is 1.04 bits per heavy atom. The number of benzene rings is 2. The first-order valence-electron chi connectivity index (χ1n) is 10.3. The fraction of sp³-hybridized carbons (Fsp3) is 0.500. The number of nitrogens with zero attached hydrogens (tertiary/aromatic N) is 1. The molecule has 2 bridgehead atoms. The summed E-state index contributed by atoms with van der Waals surface area (Å²) in [7, 11) is 1.33. The molecule has 0 unspecified atom stereocenters. The average molecular weight is 382 g/mol. The van der Waals surface area contributed by atoms with Gasteiger partial charge in [0.15, 0.2) is 0 Å². The summed E-state index contributed by atoms with van der Waals surface area (Å²) < 4.78 is 13.5. The number of fused-ring (bicyclic) bond motifs is 2. The Hall–Kier alpha value is -1.45. The molecular formula is C24H31NOS. The zero-order valence-corrected chi connectivity index (χ0v) is 17.5. The van der Waals surface area contributed by atoms with E-state index in [9.17, 15) is 4.21 Å². The van der Waals surface area contributed by atoms with Crippen LogP contribution in [0.5, 0.6) is 0 Å². The van der Waals surface area contributed by atoms with E-state index in [1.54, 1.807) is 0 Å². The monoisotopic (exact) mass is 381 g/mol. The molecule has 0 aromatic heterocycles. The molecule has 2 aliphatic rings. The zero-order chi connectivity index (χ0) is 19.0. The van der Waals surface area contributed by atoms with Gasteiger partial charge in [0.1, 0.15) is 0 Å². The topological polar surface area (TPSA) is 20.3 Å². The van der Waals surface area contributed by atoms with Gasteiger partial charge >= 0.3 is 0 Å². The highest BCUT2D eigenvalue weighted by atomic mass is 32.2. The van der Waals surface area contributed by atoms with Crippen LogP contribution in [0.3, 0.4) is 0 Å². The van der Waals surface area contributed by atoms with Crippen molar-refractivity contribution in [3.05, 3.63) is 65.7 Å². The van der Waals surface area contributed by atoms with E-state index in [0.29, 0.717) is 23.9 Å². The standard InChI is InChI=1S/C24H31NOS/c1-4-8-21-22(18-9-6-5-7-10-18)15-19-16-23(24(21)25(19)3)27(26)20-13-11-17(2)12-14-20/h5-7,9-14,19,21-24H,4,8,15-16H2,1-3H3/t19-,21+,22+,23-,24+,27+/m1/s1. The van der Waals surface area contributed by atoms with E-state index in [1.807, 2.05) is 0 Å². The van der Waals surface area contributed by atoms with Crippen molar-refractivity contribution in [2.45, 2.75) is 67.7 Å².